The zero-order valence-electron chi connectivity index (χ0n) is 79.0. The van der Waals surface area contributed by atoms with Crippen LogP contribution in [0, 0.1) is 0 Å². The molecular weight excluding hydrogens is 2100 g/mol. The molecule has 8 aromatic heterocycles. The summed E-state index contributed by atoms with van der Waals surface area (Å²) in [6, 6.07) is 151. The van der Waals surface area contributed by atoms with Crippen LogP contribution < -0.4 is 11.2 Å². The number of hydrogen-bond donors (Lipinski definition) is 1. The molecule has 0 amide bonds. The van der Waals surface area contributed by atoms with E-state index in [9.17, 15) is 4.79 Å². The predicted molar refractivity (Wildman–Crippen MR) is 615 cm³/mol. The Kier molecular flexibility index (Phi) is 29.0. The van der Waals surface area contributed by atoms with Gasteiger partial charge in [-0.3, -0.25) is 4.79 Å². The number of rotatable bonds is 16. The van der Waals surface area contributed by atoms with E-state index in [1.165, 1.54) is 32.5 Å². The first-order valence-corrected chi connectivity index (χ1v) is 51.5. The average Bonchev–Trinajstić information content (AvgIpc) is 1.64. The SMILES string of the molecule is Brc1cc(Br)c2nc(-c3ccc4ccccc4c3)cn2c1.CC1(C)OB(c2ccc(-c3cc(-c4ccccc4)cc(-c4ccccc4)n3)cc2)OC1(C)C.Nc1ncc(Br)cc1Br.O=C(CBr)c1ccc2ccccc2c1.[2HH].c1ccc(-c2cc(-c3ccccc3)nc(-c3ccc(-c4cc(-c5ccc(-c6cc(-c7ccccc7)cc(-c7ccccc7)n6)cc5)c5nc(-c6ccc7ccccc7c6)cn5c4)cc3)c2)cc1. The Bertz CT molecular complexity index is 8380. The Balaban J connectivity index is 0.000000139. The molecule has 9 heterocycles. The van der Waals surface area contributed by atoms with Crippen LogP contribution in [-0.2, 0) is 9.31 Å². The molecule has 24 rings (SSSR count). The number of anilines is 1. The summed E-state index contributed by atoms with van der Waals surface area (Å²) in [5.41, 5.74) is 35.6. The molecule has 0 aliphatic carbocycles. The third kappa shape index (κ3) is 22.2. The number of nitrogens with zero attached hydrogens (tertiary/aromatic N) is 8. The van der Waals surface area contributed by atoms with Crippen LogP contribution in [0.5, 0.6) is 0 Å². The van der Waals surface area contributed by atoms with Gasteiger partial charge in [0.05, 0.1) is 71.0 Å². The maximum absolute atomic E-state index is 11.4. The molecule has 18 heteroatoms. The summed E-state index contributed by atoms with van der Waals surface area (Å²) >= 11 is 16.7. The van der Waals surface area contributed by atoms with Crippen LogP contribution in [0.25, 0.3) is 189 Å². The van der Waals surface area contributed by atoms with Crippen LogP contribution in [0.1, 0.15) is 39.5 Å². The Hall–Kier alpha value is -15.1. The number of hydrogen-bond acceptors (Lipinski definition) is 10. The van der Waals surface area contributed by atoms with E-state index in [0.29, 0.717) is 11.1 Å². The molecule has 0 atom stereocenters. The van der Waals surface area contributed by atoms with Crippen molar-refractivity contribution in [1.29, 1.82) is 0 Å². The van der Waals surface area contributed by atoms with Gasteiger partial charge in [-0.2, -0.15) is 0 Å². The van der Waals surface area contributed by atoms with Crippen molar-refractivity contribution >= 4 is 147 Å². The number of imidazole rings is 2. The lowest BCUT2D eigenvalue weighted by Crippen LogP contribution is -2.41. The van der Waals surface area contributed by atoms with E-state index in [1.807, 2.05) is 102 Å². The third-order valence-corrected chi connectivity index (χ3v) is 28.5. The maximum atomic E-state index is 11.4. The summed E-state index contributed by atoms with van der Waals surface area (Å²) in [5, 5.41) is 7.53. The molecule has 0 unspecified atom stereocenters. The summed E-state index contributed by atoms with van der Waals surface area (Å²) in [7, 11) is -0.368. The third-order valence-electron chi connectivity index (χ3n) is 25.9. The van der Waals surface area contributed by atoms with Crippen LogP contribution >= 0.6 is 79.6 Å². The lowest BCUT2D eigenvalue weighted by molar-refractivity contribution is 0.00578. The number of Topliss-reactive ketones (excluding diaryl/α,β-unsaturated/α-hetero) is 1. The van der Waals surface area contributed by atoms with Gasteiger partial charge < -0.3 is 23.8 Å². The molecule has 0 spiro atoms. The van der Waals surface area contributed by atoms with Gasteiger partial charge in [0.2, 0.25) is 0 Å². The summed E-state index contributed by atoms with van der Waals surface area (Å²) in [5.74, 6) is 0.633. The lowest BCUT2D eigenvalue weighted by Gasteiger charge is -2.32. The summed E-state index contributed by atoms with van der Waals surface area (Å²) in [6.07, 6.45) is 10.1. The van der Waals surface area contributed by atoms with Gasteiger partial charge in [0.25, 0.3) is 0 Å². The van der Waals surface area contributed by atoms with Crippen LogP contribution in [0.3, 0.4) is 0 Å². The molecule has 144 heavy (non-hydrogen) atoms. The quantitative estimate of drug-likeness (QED) is 0.0563. The molecule has 1 saturated heterocycles. The minimum Gasteiger partial charge on any atom is -0.399 e. The Labute approximate surface area is 880 Å². The number of ketones is 1. The highest BCUT2D eigenvalue weighted by molar-refractivity contribution is 9.11. The second-order valence-corrected chi connectivity index (χ2v) is 40.2. The standard InChI is InChI=1S/C63H42N4.C29H28BNO2.C17H10Br2N2.C12H9BrO.C5H4Br2N2.H2/c1-5-15-43(16-6-1)54-37-58(48-20-9-3-10-21-48)64-60(39-54)50-30-25-46(26-31-50)56-36-57(63-66-62(42-67(63)41-56)53-34-27-45-19-13-14-24-52(45)35-53)47-28-32-51(33-29-47)61-40-55(44-17-7-2-8-18-44)38-59(65-61)49-22-11-4-12-23-49;1-28(2)29(3,4)33-30(32-28)25-17-15-23(16-18-25)27-20-24(21-11-7-5-8-12-21)19-26(31-27)22-13-9-6-10-14-22;18-14-8-15(19)17-20-16(10-21(17)9-14)13-6-5-11-3-1-2-4-12(11)7-13;13-8-12(14)11-6-5-9-3-1-2-4-10(9)7-11;6-3-1-4(7)5(8)9-2-3;/h1-42H;5-20H,1-4H3;1-10H;1-7H,8H2;1-2H,(H2,8,9);1H/i;;;;;1+1. The topological polar surface area (TPSA) is 148 Å². The molecule has 23 aromatic rings. The Morgan fingerprint density at radius 2 is 0.611 bits per heavy atom. The second-order valence-electron chi connectivity index (χ2n) is 36.1. The molecule has 1 aliphatic heterocycles. The molecule has 0 bridgehead atoms. The van der Waals surface area contributed by atoms with E-state index in [1.54, 1.807) is 6.20 Å². The largest absolute Gasteiger partial charge is 0.494 e. The van der Waals surface area contributed by atoms with Crippen LogP contribution in [0.2, 0.25) is 0 Å². The highest BCUT2D eigenvalue weighted by Crippen LogP contribution is 2.42. The van der Waals surface area contributed by atoms with Crippen molar-refractivity contribution in [1.82, 2.24) is 38.7 Å². The number of carbonyl (C=O) groups excluding carboxylic acids is 1. The number of nitrogen functional groups attached to an aromatic ring is 1. The minimum atomic E-state index is -0.368. The van der Waals surface area contributed by atoms with Crippen LogP contribution in [0.4, 0.5) is 5.82 Å². The van der Waals surface area contributed by atoms with Crippen LogP contribution in [0.15, 0.2) is 486 Å². The van der Waals surface area contributed by atoms with Crippen molar-refractivity contribution in [2.24, 2.45) is 0 Å². The predicted octanol–water partition coefficient (Wildman–Crippen LogP) is 34.2. The van der Waals surface area contributed by atoms with Gasteiger partial charge in [-0.25, -0.2) is 29.9 Å². The van der Waals surface area contributed by atoms with Crippen molar-refractivity contribution in [3.8, 4) is 146 Å². The van der Waals surface area contributed by atoms with E-state index >= 15 is 0 Å². The fourth-order valence-electron chi connectivity index (χ4n) is 17.5. The zero-order valence-corrected chi connectivity index (χ0v) is 86.9. The van der Waals surface area contributed by atoms with Gasteiger partial charge in [-0.15, -0.1) is 0 Å². The van der Waals surface area contributed by atoms with Gasteiger partial charge in [0, 0.05) is 97.0 Å². The highest BCUT2D eigenvalue weighted by Gasteiger charge is 2.51. The fraction of sp³-hybridized carbons (Fsp3) is 0.0556. The number of aromatic nitrogens is 8. The minimum absolute atomic E-state index is 0. The summed E-state index contributed by atoms with van der Waals surface area (Å²) in [6.45, 7) is 8.30. The number of halogens is 5. The van der Waals surface area contributed by atoms with Gasteiger partial charge in [-0.1, -0.05) is 380 Å². The monoisotopic (exact) mass is 2190 g/mol. The van der Waals surface area contributed by atoms with Gasteiger partial charge >= 0.3 is 7.12 Å². The maximum Gasteiger partial charge on any atom is 0.494 e. The smallest absolute Gasteiger partial charge is 0.399 e. The fourth-order valence-corrected chi connectivity index (χ4v) is 20.1. The first-order chi connectivity index (χ1) is 70.2. The zero-order chi connectivity index (χ0) is 98.8. The normalized spacial score (nSPS) is 12.3. The first kappa shape index (κ1) is 96.4. The number of alkyl halides is 1. The molecule has 700 valence electrons. The van der Waals surface area contributed by atoms with Crippen molar-refractivity contribution in [3.05, 3.63) is 491 Å². The van der Waals surface area contributed by atoms with Gasteiger partial charge in [-0.05, 0) is 252 Å². The van der Waals surface area contributed by atoms with E-state index in [4.69, 9.17) is 40.0 Å². The Morgan fingerprint density at radius 3 is 1.01 bits per heavy atom. The van der Waals surface area contributed by atoms with Gasteiger partial charge in [0.15, 0.2) is 11.4 Å². The van der Waals surface area contributed by atoms with Crippen molar-refractivity contribution in [2.75, 3.05) is 11.1 Å². The second kappa shape index (κ2) is 43.4. The van der Waals surface area contributed by atoms with E-state index in [0.717, 1.165) is 186 Å². The average molecular weight is 2190 g/mol. The number of fused-ring (bicyclic) bond motifs is 5. The van der Waals surface area contributed by atoms with Gasteiger partial charge in [0.1, 0.15) is 11.5 Å². The number of pyridine rings is 6. The number of nitrogens with two attached hydrogens (primary N) is 1. The Morgan fingerprint density at radius 1 is 0.292 bits per heavy atom. The molecule has 0 saturated carbocycles. The molecule has 1 fully saturated rings. The van der Waals surface area contributed by atoms with Crippen molar-refractivity contribution in [2.45, 2.75) is 38.9 Å². The van der Waals surface area contributed by atoms with Crippen molar-refractivity contribution in [3.63, 3.8) is 0 Å². The molecule has 12 nitrogen and oxygen atoms in total. The van der Waals surface area contributed by atoms with Crippen LogP contribution in [-0.4, -0.2) is 68.1 Å². The van der Waals surface area contributed by atoms with E-state index < -0.39 is 0 Å². The van der Waals surface area contributed by atoms with E-state index in [2.05, 4.69) is 481 Å². The number of carbonyl (C=O) groups is 1. The molecule has 2 N–H and O–H groups in total. The molecule has 0 radical (unpaired) electrons. The van der Waals surface area contributed by atoms with E-state index in [-0.39, 0.29) is 25.5 Å². The van der Waals surface area contributed by atoms with Crippen molar-refractivity contribution < 1.29 is 15.5 Å². The number of benzene rings is 15. The summed E-state index contributed by atoms with van der Waals surface area (Å²) in [4.78, 5) is 40.8. The summed E-state index contributed by atoms with van der Waals surface area (Å²) < 4.78 is 20.4. The molecule has 15 aromatic carbocycles. The lowest BCUT2D eigenvalue weighted by atomic mass is 9.78. The first-order valence-electron chi connectivity index (χ1n) is 47.2. The molecule has 1 aliphatic rings. The highest BCUT2D eigenvalue weighted by atomic mass is 79.9. The molecular formula is C126H95BBr5N9O3.